The summed E-state index contributed by atoms with van der Waals surface area (Å²) in [7, 11) is 0. The van der Waals surface area contributed by atoms with Crippen LogP contribution in [-0.2, 0) is 0 Å². The summed E-state index contributed by atoms with van der Waals surface area (Å²) in [4.78, 5) is 0. The highest BCUT2D eigenvalue weighted by Crippen LogP contribution is 2.17. The Morgan fingerprint density at radius 1 is 0.611 bits per heavy atom. The first kappa shape index (κ1) is 23.4. The van der Waals surface area contributed by atoms with E-state index in [0.29, 0.717) is 0 Å². The molecule has 0 aromatic heterocycles. The van der Waals surface area contributed by atoms with Crippen molar-refractivity contribution in [3.05, 3.63) is 0 Å². The van der Waals surface area contributed by atoms with Crippen LogP contribution in [0, 0.1) is 5.92 Å². The lowest BCUT2D eigenvalue weighted by Crippen LogP contribution is -1.96. The zero-order valence-corrected chi connectivity index (χ0v) is 14.0. The molecule has 0 fully saturated rings. The van der Waals surface area contributed by atoms with Crippen molar-refractivity contribution >= 4 is 12.4 Å². The lowest BCUT2D eigenvalue weighted by molar-refractivity contribution is 0.426. The molecule has 0 aromatic carbocycles. The van der Waals surface area contributed by atoms with Gasteiger partial charge in [0.25, 0.3) is 0 Å². The van der Waals surface area contributed by atoms with Crippen molar-refractivity contribution in [1.29, 1.82) is 0 Å². The van der Waals surface area contributed by atoms with E-state index in [-0.39, 0.29) is 18.6 Å². The van der Waals surface area contributed by atoms with E-state index in [9.17, 15) is 0 Å². The van der Waals surface area contributed by atoms with Crippen LogP contribution in [-0.4, -0.2) is 0 Å². The SMILES string of the molecule is CCCCCCCCCCCC(CC)CC.Cl.N. The van der Waals surface area contributed by atoms with Gasteiger partial charge in [-0.15, -0.1) is 12.4 Å². The maximum absolute atomic E-state index is 2.34. The molecule has 1 nitrogen and oxygen atoms in total. The molecule has 0 amide bonds. The van der Waals surface area contributed by atoms with E-state index < -0.39 is 0 Å². The smallest absolute Gasteiger partial charge is 0.0420 e. The van der Waals surface area contributed by atoms with Crippen LogP contribution in [0.5, 0.6) is 0 Å². The van der Waals surface area contributed by atoms with Gasteiger partial charge in [0.15, 0.2) is 0 Å². The highest BCUT2D eigenvalue weighted by molar-refractivity contribution is 5.85. The van der Waals surface area contributed by atoms with Gasteiger partial charge in [-0.25, -0.2) is 0 Å². The number of hydrogen-bond acceptors (Lipinski definition) is 1. The molecule has 114 valence electrons. The molecule has 0 rings (SSSR count). The Kier molecular flexibility index (Phi) is 25.4. The van der Waals surface area contributed by atoms with Gasteiger partial charge in [-0.2, -0.15) is 0 Å². The molecule has 18 heavy (non-hydrogen) atoms. The third kappa shape index (κ3) is 16.2. The minimum atomic E-state index is 0. The molecule has 0 saturated heterocycles. The Morgan fingerprint density at radius 2 is 1.00 bits per heavy atom. The summed E-state index contributed by atoms with van der Waals surface area (Å²) >= 11 is 0. The Balaban J connectivity index is -0.00000112. The summed E-state index contributed by atoms with van der Waals surface area (Å²) in [6.45, 7) is 6.96. The molecule has 0 aliphatic rings. The monoisotopic (exact) mass is 279 g/mol. The zero-order chi connectivity index (χ0) is 12.1. The second-order valence-corrected chi connectivity index (χ2v) is 5.30. The van der Waals surface area contributed by atoms with E-state index in [1.165, 1.54) is 77.0 Å². The minimum Gasteiger partial charge on any atom is -0.344 e. The van der Waals surface area contributed by atoms with Crippen LogP contribution in [0.15, 0.2) is 0 Å². The third-order valence-corrected chi connectivity index (χ3v) is 3.87. The van der Waals surface area contributed by atoms with E-state index in [2.05, 4.69) is 20.8 Å². The van der Waals surface area contributed by atoms with Crippen LogP contribution in [0.1, 0.15) is 97.8 Å². The van der Waals surface area contributed by atoms with Crippen molar-refractivity contribution in [3.8, 4) is 0 Å². The predicted molar refractivity (Wildman–Crippen MR) is 88.2 cm³/mol. The van der Waals surface area contributed by atoms with Crippen molar-refractivity contribution in [2.24, 2.45) is 5.92 Å². The van der Waals surface area contributed by atoms with Gasteiger partial charge in [-0.3, -0.25) is 0 Å². The standard InChI is InChI=1S/C16H34.ClH.H3N/c1-4-7-8-9-10-11-12-13-14-15-16(5-2)6-3;;/h16H,4-15H2,1-3H3;1H;1H3. The average Bonchev–Trinajstić information content (AvgIpc) is 2.32. The summed E-state index contributed by atoms with van der Waals surface area (Å²) < 4.78 is 0. The van der Waals surface area contributed by atoms with Crippen molar-refractivity contribution in [1.82, 2.24) is 6.15 Å². The number of rotatable bonds is 12. The van der Waals surface area contributed by atoms with Gasteiger partial charge in [0.05, 0.1) is 0 Å². The van der Waals surface area contributed by atoms with Gasteiger partial charge < -0.3 is 6.15 Å². The van der Waals surface area contributed by atoms with Crippen molar-refractivity contribution in [3.63, 3.8) is 0 Å². The van der Waals surface area contributed by atoms with Crippen molar-refractivity contribution in [2.45, 2.75) is 97.8 Å². The van der Waals surface area contributed by atoms with Crippen LogP contribution in [0.4, 0.5) is 0 Å². The lowest BCUT2D eigenvalue weighted by atomic mass is 9.95. The average molecular weight is 280 g/mol. The molecule has 0 atom stereocenters. The Labute approximate surface area is 123 Å². The molecular formula is C16H38ClN. The summed E-state index contributed by atoms with van der Waals surface area (Å²) in [5, 5.41) is 0. The first-order valence-electron chi connectivity index (χ1n) is 7.85. The Bertz CT molecular complexity index is 124. The summed E-state index contributed by atoms with van der Waals surface area (Å²) in [6, 6.07) is 0. The Hall–Kier alpha value is 0.250. The van der Waals surface area contributed by atoms with Gasteiger partial charge in [-0.1, -0.05) is 97.8 Å². The zero-order valence-electron chi connectivity index (χ0n) is 13.2. The maximum atomic E-state index is 2.34. The highest BCUT2D eigenvalue weighted by Gasteiger charge is 2.02. The van der Waals surface area contributed by atoms with E-state index in [0.717, 1.165) is 5.92 Å². The molecule has 0 spiro atoms. The van der Waals surface area contributed by atoms with Gasteiger partial charge in [-0.05, 0) is 5.92 Å². The number of halogens is 1. The minimum absolute atomic E-state index is 0. The van der Waals surface area contributed by atoms with Crippen LogP contribution in [0.25, 0.3) is 0 Å². The summed E-state index contributed by atoms with van der Waals surface area (Å²) in [5.41, 5.74) is 0. The van der Waals surface area contributed by atoms with E-state index in [1.807, 2.05) is 0 Å². The number of hydrogen-bond donors (Lipinski definition) is 1. The largest absolute Gasteiger partial charge is 0.344 e. The van der Waals surface area contributed by atoms with Crippen LogP contribution < -0.4 is 6.15 Å². The molecule has 0 aliphatic heterocycles. The predicted octanol–water partition coefficient (Wildman–Crippen LogP) is 6.93. The molecule has 3 N–H and O–H groups in total. The highest BCUT2D eigenvalue weighted by atomic mass is 35.5. The van der Waals surface area contributed by atoms with Crippen molar-refractivity contribution < 1.29 is 0 Å². The van der Waals surface area contributed by atoms with Gasteiger partial charge >= 0.3 is 0 Å². The van der Waals surface area contributed by atoms with E-state index in [4.69, 9.17) is 0 Å². The molecule has 0 radical (unpaired) electrons. The third-order valence-electron chi connectivity index (χ3n) is 3.87. The molecule has 0 unspecified atom stereocenters. The maximum Gasteiger partial charge on any atom is -0.0420 e. The van der Waals surface area contributed by atoms with Gasteiger partial charge in [0.2, 0.25) is 0 Å². The molecule has 0 aliphatic carbocycles. The van der Waals surface area contributed by atoms with E-state index >= 15 is 0 Å². The first-order valence-corrected chi connectivity index (χ1v) is 7.85. The quantitative estimate of drug-likeness (QED) is 0.386. The van der Waals surface area contributed by atoms with Crippen LogP contribution in [0.3, 0.4) is 0 Å². The number of unbranched alkanes of at least 4 members (excludes halogenated alkanes) is 8. The van der Waals surface area contributed by atoms with Crippen LogP contribution >= 0.6 is 12.4 Å². The summed E-state index contributed by atoms with van der Waals surface area (Å²) in [6.07, 6.45) is 17.4. The van der Waals surface area contributed by atoms with Crippen molar-refractivity contribution in [2.75, 3.05) is 0 Å². The molecule has 0 bridgehead atoms. The van der Waals surface area contributed by atoms with Crippen LogP contribution in [0.2, 0.25) is 0 Å². The fourth-order valence-corrected chi connectivity index (χ4v) is 2.44. The molecular weight excluding hydrogens is 242 g/mol. The fraction of sp³-hybridized carbons (Fsp3) is 1.00. The van der Waals surface area contributed by atoms with Gasteiger partial charge in [0, 0.05) is 0 Å². The molecule has 0 saturated carbocycles. The molecule has 2 heteroatoms. The first-order chi connectivity index (χ1) is 7.85. The second-order valence-electron chi connectivity index (χ2n) is 5.30. The molecule has 0 aromatic rings. The fourth-order valence-electron chi connectivity index (χ4n) is 2.44. The second kappa shape index (κ2) is 19.6. The molecule has 0 heterocycles. The normalized spacial score (nSPS) is 10.0. The van der Waals surface area contributed by atoms with Gasteiger partial charge in [0.1, 0.15) is 0 Å². The van der Waals surface area contributed by atoms with E-state index in [1.54, 1.807) is 0 Å². The topological polar surface area (TPSA) is 35.0 Å². The summed E-state index contributed by atoms with van der Waals surface area (Å²) in [5.74, 6) is 1.00. The lowest BCUT2D eigenvalue weighted by Gasteiger charge is -2.11. The Morgan fingerprint density at radius 3 is 1.39 bits per heavy atom.